The number of imide groups is 2. The number of allylic oxidation sites excluding steroid dienone is 5. The number of ether oxygens (including phenoxy) is 1. The predicted octanol–water partition coefficient (Wildman–Crippen LogP) is 2.29. The molecule has 1 aromatic carbocycles. The van der Waals surface area contributed by atoms with Crippen molar-refractivity contribution in [2.45, 2.75) is 6.92 Å². The van der Waals surface area contributed by atoms with Crippen LogP contribution in [0.4, 0.5) is 10.5 Å². The van der Waals surface area contributed by atoms with Crippen LogP contribution in [0.1, 0.15) is 12.5 Å². The number of barbiturate groups is 1. The molecule has 0 aromatic heterocycles. The minimum atomic E-state index is -0.663. The molecule has 0 atom stereocenters. The average Bonchev–Trinajstić information content (AvgIpc) is 2.75. The highest BCUT2D eigenvalue weighted by Crippen LogP contribution is 2.27. The molecule has 8 heteroatoms. The van der Waals surface area contributed by atoms with Gasteiger partial charge in [0.05, 0.1) is 6.61 Å². The first-order valence-corrected chi connectivity index (χ1v) is 9.75. The van der Waals surface area contributed by atoms with Crippen LogP contribution in [0.3, 0.4) is 0 Å². The Morgan fingerprint density at radius 1 is 1.00 bits per heavy atom. The Balaban J connectivity index is 1.88. The quantitative estimate of drug-likeness (QED) is 0.577. The Bertz CT molecular complexity index is 1010. The molecule has 4 amide bonds. The number of carbonyl (C=O) groups excluding carboxylic acids is 3. The van der Waals surface area contributed by atoms with E-state index in [0.29, 0.717) is 23.6 Å². The van der Waals surface area contributed by atoms with Crippen molar-refractivity contribution in [3.8, 4) is 0 Å². The summed E-state index contributed by atoms with van der Waals surface area (Å²) in [5.74, 6) is -0.298. The van der Waals surface area contributed by atoms with Crippen LogP contribution in [0, 0.1) is 0 Å². The van der Waals surface area contributed by atoms with Gasteiger partial charge in [-0.25, -0.2) is 4.79 Å². The number of nitrogens with zero attached hydrogens (tertiary/aromatic N) is 3. The van der Waals surface area contributed by atoms with Gasteiger partial charge in [-0.15, -0.1) is 0 Å². The largest absolute Gasteiger partial charge is 0.462 e. The molecule has 2 aliphatic rings. The SMILES string of the molecule is CC1=CC(=C2C(=O)N(C)C(=O)N(C)C2=O)C=C(C=Cc2ccc(N(C)CCO)cc2)O1. The normalized spacial score (nSPS) is 17.3. The lowest BCUT2D eigenvalue weighted by molar-refractivity contribution is -0.134. The van der Waals surface area contributed by atoms with Crippen LogP contribution in [0.25, 0.3) is 6.08 Å². The highest BCUT2D eigenvalue weighted by atomic mass is 16.5. The Labute approximate surface area is 181 Å². The standard InChI is InChI=1S/C23H25N3O5/c1-15-13-17(20-21(28)25(3)23(30)26(4)22(20)29)14-19(31-15)10-7-16-5-8-18(9-6-16)24(2)11-12-27/h5-10,13-14,27H,11-12H2,1-4H3. The summed E-state index contributed by atoms with van der Waals surface area (Å²) in [5, 5.41) is 9.05. The number of carbonyl (C=O) groups is 3. The number of likely N-dealkylation sites (N-methyl/N-ethyl adjacent to an activating group) is 3. The van der Waals surface area contributed by atoms with E-state index in [2.05, 4.69) is 0 Å². The van der Waals surface area contributed by atoms with Gasteiger partial charge < -0.3 is 14.7 Å². The molecule has 2 aliphatic heterocycles. The van der Waals surface area contributed by atoms with E-state index in [4.69, 9.17) is 9.84 Å². The van der Waals surface area contributed by atoms with Gasteiger partial charge in [0.1, 0.15) is 17.1 Å². The van der Waals surface area contributed by atoms with Gasteiger partial charge in [-0.05, 0) is 48.4 Å². The summed E-state index contributed by atoms with van der Waals surface area (Å²) in [6.45, 7) is 2.36. The van der Waals surface area contributed by atoms with Crippen molar-refractivity contribution in [2.24, 2.45) is 0 Å². The van der Waals surface area contributed by atoms with E-state index in [1.54, 1.807) is 25.2 Å². The fraction of sp³-hybridized carbons (Fsp3) is 0.261. The molecule has 0 bridgehead atoms. The molecule has 0 unspecified atom stereocenters. The highest BCUT2D eigenvalue weighted by Gasteiger charge is 2.39. The summed E-state index contributed by atoms with van der Waals surface area (Å²) < 4.78 is 5.72. The average molecular weight is 423 g/mol. The summed E-state index contributed by atoms with van der Waals surface area (Å²) in [7, 11) is 4.59. The maximum Gasteiger partial charge on any atom is 0.333 e. The number of aliphatic hydroxyl groups is 1. The van der Waals surface area contributed by atoms with Gasteiger partial charge in [-0.2, -0.15) is 0 Å². The van der Waals surface area contributed by atoms with Crippen molar-refractivity contribution >= 4 is 29.6 Å². The van der Waals surface area contributed by atoms with Crippen molar-refractivity contribution < 1.29 is 24.2 Å². The molecule has 1 fully saturated rings. The molecule has 2 heterocycles. The monoisotopic (exact) mass is 423 g/mol. The van der Waals surface area contributed by atoms with Gasteiger partial charge in [0.2, 0.25) is 0 Å². The van der Waals surface area contributed by atoms with Crippen LogP contribution >= 0.6 is 0 Å². The van der Waals surface area contributed by atoms with Crippen molar-refractivity contribution in [2.75, 3.05) is 39.2 Å². The molecule has 0 aliphatic carbocycles. The zero-order chi connectivity index (χ0) is 22.7. The number of aliphatic hydroxyl groups excluding tert-OH is 1. The molecule has 162 valence electrons. The number of benzene rings is 1. The molecule has 1 aromatic rings. The second kappa shape index (κ2) is 9.01. The lowest BCUT2D eigenvalue weighted by Crippen LogP contribution is -2.53. The van der Waals surface area contributed by atoms with Crippen LogP contribution in [0.15, 0.2) is 65.2 Å². The Hall–Kier alpha value is -3.65. The van der Waals surface area contributed by atoms with Crippen molar-refractivity contribution in [1.29, 1.82) is 0 Å². The third kappa shape index (κ3) is 4.59. The smallest absolute Gasteiger partial charge is 0.333 e. The van der Waals surface area contributed by atoms with E-state index in [1.807, 2.05) is 42.3 Å². The number of hydrogen-bond acceptors (Lipinski definition) is 6. The number of hydrogen-bond donors (Lipinski definition) is 1. The fourth-order valence-corrected chi connectivity index (χ4v) is 3.26. The summed E-state index contributed by atoms with van der Waals surface area (Å²) in [6, 6.07) is 7.12. The number of anilines is 1. The summed E-state index contributed by atoms with van der Waals surface area (Å²) >= 11 is 0. The zero-order valence-electron chi connectivity index (χ0n) is 18.0. The zero-order valence-corrected chi connectivity index (χ0v) is 18.0. The first-order chi connectivity index (χ1) is 14.7. The van der Waals surface area contributed by atoms with Crippen LogP contribution < -0.4 is 4.90 Å². The Morgan fingerprint density at radius 3 is 2.19 bits per heavy atom. The van der Waals surface area contributed by atoms with Crippen LogP contribution in [0.5, 0.6) is 0 Å². The molecule has 0 radical (unpaired) electrons. The molecule has 0 spiro atoms. The third-order valence-electron chi connectivity index (χ3n) is 5.04. The van der Waals surface area contributed by atoms with Crippen molar-refractivity contribution in [1.82, 2.24) is 9.80 Å². The van der Waals surface area contributed by atoms with E-state index in [0.717, 1.165) is 21.1 Å². The van der Waals surface area contributed by atoms with Gasteiger partial charge in [0.15, 0.2) is 0 Å². The Kier molecular flexibility index (Phi) is 6.41. The maximum absolute atomic E-state index is 12.6. The Morgan fingerprint density at radius 2 is 1.61 bits per heavy atom. The summed E-state index contributed by atoms with van der Waals surface area (Å²) in [6.07, 6.45) is 6.82. The lowest BCUT2D eigenvalue weighted by Gasteiger charge is -2.30. The van der Waals surface area contributed by atoms with Crippen LogP contribution in [0.2, 0.25) is 0 Å². The van der Waals surface area contributed by atoms with Crippen molar-refractivity contribution in [3.63, 3.8) is 0 Å². The molecular formula is C23H25N3O5. The molecule has 1 saturated heterocycles. The highest BCUT2D eigenvalue weighted by molar-refractivity contribution is 6.29. The van der Waals surface area contributed by atoms with Crippen LogP contribution in [-0.2, 0) is 14.3 Å². The predicted molar refractivity (Wildman–Crippen MR) is 117 cm³/mol. The van der Waals surface area contributed by atoms with E-state index >= 15 is 0 Å². The molecule has 8 nitrogen and oxygen atoms in total. The first kappa shape index (κ1) is 22.0. The molecule has 31 heavy (non-hydrogen) atoms. The second-order valence-corrected chi connectivity index (χ2v) is 7.32. The van der Waals surface area contributed by atoms with E-state index in [-0.39, 0.29) is 12.2 Å². The minimum absolute atomic E-state index is 0.0746. The van der Waals surface area contributed by atoms with Crippen molar-refractivity contribution in [3.05, 3.63) is 70.7 Å². The van der Waals surface area contributed by atoms with Gasteiger partial charge in [0.25, 0.3) is 11.8 Å². The van der Waals surface area contributed by atoms with Gasteiger partial charge in [0, 0.05) is 33.4 Å². The molecule has 1 N–H and O–H groups in total. The molecular weight excluding hydrogens is 398 g/mol. The maximum atomic E-state index is 12.6. The lowest BCUT2D eigenvalue weighted by atomic mass is 10.0. The topological polar surface area (TPSA) is 90.4 Å². The van der Waals surface area contributed by atoms with Crippen LogP contribution in [-0.4, -0.2) is 67.0 Å². The second-order valence-electron chi connectivity index (χ2n) is 7.32. The van der Waals surface area contributed by atoms with E-state index in [1.165, 1.54) is 14.1 Å². The molecule has 3 rings (SSSR count). The number of urea groups is 1. The summed E-state index contributed by atoms with van der Waals surface area (Å²) in [5.41, 5.74) is 2.24. The number of amides is 4. The van der Waals surface area contributed by atoms with Gasteiger partial charge in [-0.3, -0.25) is 19.4 Å². The third-order valence-corrected chi connectivity index (χ3v) is 5.04. The molecule has 0 saturated carbocycles. The first-order valence-electron chi connectivity index (χ1n) is 9.75. The van der Waals surface area contributed by atoms with Gasteiger partial charge >= 0.3 is 6.03 Å². The summed E-state index contributed by atoms with van der Waals surface area (Å²) in [4.78, 5) is 40.9. The number of rotatable bonds is 5. The van der Waals surface area contributed by atoms with E-state index in [9.17, 15) is 14.4 Å². The minimum Gasteiger partial charge on any atom is -0.462 e. The fourth-order valence-electron chi connectivity index (χ4n) is 3.26. The van der Waals surface area contributed by atoms with Gasteiger partial charge in [-0.1, -0.05) is 18.2 Å². The van der Waals surface area contributed by atoms with E-state index < -0.39 is 17.8 Å².